The fraction of sp³-hybridized carbons (Fsp3) is 0.417. The number of rotatable bonds is 9. The maximum absolute atomic E-state index is 14.0. The van der Waals surface area contributed by atoms with Crippen LogP contribution in [-0.4, -0.2) is 40.9 Å². The van der Waals surface area contributed by atoms with Crippen molar-refractivity contribution >= 4 is 29.4 Å². The number of hydrogen-bond donors (Lipinski definition) is 2. The second-order valence-electron chi connectivity index (χ2n) is 7.90. The van der Waals surface area contributed by atoms with E-state index in [-0.39, 0.29) is 11.3 Å². The predicted molar refractivity (Wildman–Crippen MR) is 128 cm³/mol. The Morgan fingerprint density at radius 3 is 2.27 bits per heavy atom. The first-order chi connectivity index (χ1) is 15.8. The number of hydrogen-bond acceptors (Lipinski definition) is 5. The maximum Gasteiger partial charge on any atom is 0.407 e. The fourth-order valence-electron chi connectivity index (χ4n) is 3.60. The Balaban J connectivity index is 1.78. The minimum Gasteiger partial charge on any atom is -0.336 e. The molecule has 0 bridgehead atoms. The molecule has 176 valence electrons. The van der Waals surface area contributed by atoms with Gasteiger partial charge in [-0.05, 0) is 35.5 Å². The SMILES string of the molecule is N#CC1(NC(=O)[C@H](CSCc2ccccc2)N[C@@H](c2ccccc2)C(F)(F)F)CCSCC1. The van der Waals surface area contributed by atoms with E-state index in [4.69, 9.17) is 0 Å². The second kappa shape index (κ2) is 11.8. The van der Waals surface area contributed by atoms with Crippen LogP contribution < -0.4 is 10.6 Å². The lowest BCUT2D eigenvalue weighted by molar-refractivity contribution is -0.160. The number of nitrogens with one attached hydrogen (secondary N) is 2. The summed E-state index contributed by atoms with van der Waals surface area (Å²) in [7, 11) is 0. The molecule has 1 aliphatic heterocycles. The summed E-state index contributed by atoms with van der Waals surface area (Å²) in [6.45, 7) is 0. The summed E-state index contributed by atoms with van der Waals surface area (Å²) in [5.74, 6) is 1.58. The van der Waals surface area contributed by atoms with Crippen molar-refractivity contribution in [3.63, 3.8) is 0 Å². The van der Waals surface area contributed by atoms with Gasteiger partial charge in [-0.3, -0.25) is 10.1 Å². The monoisotopic (exact) mass is 493 g/mol. The molecule has 1 fully saturated rings. The van der Waals surface area contributed by atoms with E-state index in [2.05, 4.69) is 16.7 Å². The number of benzene rings is 2. The smallest absolute Gasteiger partial charge is 0.336 e. The summed E-state index contributed by atoms with van der Waals surface area (Å²) >= 11 is 3.08. The highest BCUT2D eigenvalue weighted by atomic mass is 32.2. The van der Waals surface area contributed by atoms with E-state index in [0.29, 0.717) is 18.6 Å². The molecule has 2 aromatic rings. The molecule has 2 atom stereocenters. The molecule has 0 aliphatic carbocycles. The van der Waals surface area contributed by atoms with Crippen LogP contribution in [0.2, 0.25) is 0 Å². The first kappa shape index (κ1) is 25.5. The van der Waals surface area contributed by atoms with Crippen molar-refractivity contribution in [3.8, 4) is 6.07 Å². The number of nitrogens with zero attached hydrogens (tertiary/aromatic N) is 1. The number of carbonyl (C=O) groups is 1. The minimum atomic E-state index is -4.58. The maximum atomic E-state index is 14.0. The van der Waals surface area contributed by atoms with Gasteiger partial charge in [-0.1, -0.05) is 60.7 Å². The number of nitriles is 1. The van der Waals surface area contributed by atoms with E-state index >= 15 is 0 Å². The lowest BCUT2D eigenvalue weighted by Gasteiger charge is -2.34. The van der Waals surface area contributed by atoms with Gasteiger partial charge in [-0.25, -0.2) is 0 Å². The largest absolute Gasteiger partial charge is 0.407 e. The van der Waals surface area contributed by atoms with Gasteiger partial charge in [0.1, 0.15) is 11.6 Å². The number of alkyl halides is 3. The molecular formula is C24H26F3N3OS2. The van der Waals surface area contributed by atoms with Crippen LogP contribution in [-0.2, 0) is 10.5 Å². The Morgan fingerprint density at radius 2 is 1.70 bits per heavy atom. The van der Waals surface area contributed by atoms with Crippen molar-refractivity contribution in [1.82, 2.24) is 10.6 Å². The summed E-state index contributed by atoms with van der Waals surface area (Å²) in [5, 5.41) is 15.0. The molecule has 1 aliphatic rings. The highest BCUT2D eigenvalue weighted by Crippen LogP contribution is 2.34. The van der Waals surface area contributed by atoms with Crippen LogP contribution in [0, 0.1) is 11.3 Å². The summed E-state index contributed by atoms with van der Waals surface area (Å²) in [6, 6.07) is 16.2. The van der Waals surface area contributed by atoms with Gasteiger partial charge in [0.15, 0.2) is 0 Å². The molecule has 0 unspecified atom stereocenters. The van der Waals surface area contributed by atoms with Gasteiger partial charge in [0.05, 0.1) is 12.1 Å². The molecule has 2 N–H and O–H groups in total. The van der Waals surface area contributed by atoms with Crippen molar-refractivity contribution in [3.05, 3.63) is 71.8 Å². The number of halogens is 3. The predicted octanol–water partition coefficient (Wildman–Crippen LogP) is 5.09. The lowest BCUT2D eigenvalue weighted by Crippen LogP contribution is -2.57. The third kappa shape index (κ3) is 7.42. The van der Waals surface area contributed by atoms with Crippen LogP contribution in [0.3, 0.4) is 0 Å². The zero-order valence-electron chi connectivity index (χ0n) is 18.0. The molecule has 2 aromatic carbocycles. The Labute approximate surface area is 200 Å². The van der Waals surface area contributed by atoms with Gasteiger partial charge < -0.3 is 5.32 Å². The van der Waals surface area contributed by atoms with E-state index in [9.17, 15) is 23.2 Å². The molecule has 33 heavy (non-hydrogen) atoms. The van der Waals surface area contributed by atoms with Crippen molar-refractivity contribution in [2.45, 2.75) is 42.4 Å². The molecule has 9 heteroatoms. The second-order valence-corrected chi connectivity index (χ2v) is 10.2. The molecule has 4 nitrogen and oxygen atoms in total. The quantitative estimate of drug-likeness (QED) is 0.510. The molecule has 3 rings (SSSR count). The zero-order valence-corrected chi connectivity index (χ0v) is 19.6. The summed E-state index contributed by atoms with van der Waals surface area (Å²) in [5.41, 5.74) is 0.0298. The van der Waals surface area contributed by atoms with Gasteiger partial charge in [-0.2, -0.15) is 42.0 Å². The van der Waals surface area contributed by atoms with Crippen molar-refractivity contribution in [2.75, 3.05) is 17.3 Å². The van der Waals surface area contributed by atoms with Crippen LogP contribution in [0.15, 0.2) is 60.7 Å². The minimum absolute atomic E-state index is 0.0416. The lowest BCUT2D eigenvalue weighted by atomic mass is 9.93. The zero-order chi connectivity index (χ0) is 23.7. The van der Waals surface area contributed by atoms with Gasteiger partial charge in [0.25, 0.3) is 0 Å². The van der Waals surface area contributed by atoms with E-state index in [0.717, 1.165) is 17.1 Å². The first-order valence-electron chi connectivity index (χ1n) is 10.6. The summed E-state index contributed by atoms with van der Waals surface area (Å²) < 4.78 is 41.9. The van der Waals surface area contributed by atoms with E-state index in [1.54, 1.807) is 30.0 Å². The van der Waals surface area contributed by atoms with Crippen LogP contribution in [0.25, 0.3) is 0 Å². The molecule has 1 amide bonds. The third-order valence-corrected chi connectivity index (χ3v) is 7.56. The molecule has 0 spiro atoms. The topological polar surface area (TPSA) is 64.9 Å². The third-order valence-electron chi connectivity index (χ3n) is 5.46. The fourth-order valence-corrected chi connectivity index (χ4v) is 5.82. The molecule has 1 saturated heterocycles. The highest BCUT2D eigenvalue weighted by molar-refractivity contribution is 7.99. The van der Waals surface area contributed by atoms with Crippen LogP contribution in [0.5, 0.6) is 0 Å². The Hall–Kier alpha value is -2.15. The Bertz CT molecular complexity index is 929. The van der Waals surface area contributed by atoms with E-state index in [1.807, 2.05) is 30.3 Å². The average molecular weight is 494 g/mol. The van der Waals surface area contributed by atoms with Crippen molar-refractivity contribution in [2.24, 2.45) is 0 Å². The Morgan fingerprint density at radius 1 is 1.09 bits per heavy atom. The average Bonchev–Trinajstić information content (AvgIpc) is 2.82. The van der Waals surface area contributed by atoms with Gasteiger partial charge in [-0.15, -0.1) is 0 Å². The molecular weight excluding hydrogens is 467 g/mol. The van der Waals surface area contributed by atoms with Crippen LogP contribution in [0.1, 0.15) is 30.0 Å². The standard InChI is InChI=1S/C24H26F3N3OS2/c25-24(26,27)21(19-9-5-2-6-10-19)29-20(16-33-15-18-7-3-1-4-8-18)22(31)30-23(17-28)11-13-32-14-12-23/h1-10,20-21,29H,11-16H2,(H,30,31)/t20-,21-/m0/s1. The highest BCUT2D eigenvalue weighted by Gasteiger charge is 2.44. The Kier molecular flexibility index (Phi) is 9.12. The first-order valence-corrected chi connectivity index (χ1v) is 12.9. The molecule has 0 radical (unpaired) electrons. The van der Waals surface area contributed by atoms with E-state index in [1.165, 1.54) is 23.9 Å². The number of thioether (sulfide) groups is 2. The number of carbonyl (C=O) groups excluding carboxylic acids is 1. The molecule has 1 heterocycles. The molecule has 0 aromatic heterocycles. The summed E-state index contributed by atoms with van der Waals surface area (Å²) in [6.07, 6.45) is -3.63. The molecule has 0 saturated carbocycles. The van der Waals surface area contributed by atoms with Crippen LogP contribution >= 0.6 is 23.5 Å². The van der Waals surface area contributed by atoms with E-state index < -0.39 is 29.7 Å². The van der Waals surface area contributed by atoms with Crippen molar-refractivity contribution < 1.29 is 18.0 Å². The van der Waals surface area contributed by atoms with Gasteiger partial charge >= 0.3 is 6.18 Å². The summed E-state index contributed by atoms with van der Waals surface area (Å²) in [4.78, 5) is 13.2. The van der Waals surface area contributed by atoms with Gasteiger partial charge in [0.2, 0.25) is 5.91 Å². The normalized spacial score (nSPS) is 17.5. The van der Waals surface area contributed by atoms with Crippen LogP contribution in [0.4, 0.5) is 13.2 Å². The van der Waals surface area contributed by atoms with Gasteiger partial charge in [0, 0.05) is 11.5 Å². The van der Waals surface area contributed by atoms with Crippen molar-refractivity contribution in [1.29, 1.82) is 5.26 Å². The number of amides is 1.